The smallest absolute Gasteiger partial charge is 0.348 e. The topological polar surface area (TPSA) is 41.1 Å². The van der Waals surface area contributed by atoms with E-state index < -0.39 is 35.8 Å². The third-order valence-corrected chi connectivity index (χ3v) is 3.32. The molecule has 1 amide bonds. The first-order valence-corrected chi connectivity index (χ1v) is 6.33. The van der Waals surface area contributed by atoms with Gasteiger partial charge in [0, 0.05) is 18.7 Å². The second kappa shape index (κ2) is 5.97. The van der Waals surface area contributed by atoms with Gasteiger partial charge in [0.1, 0.15) is 17.7 Å². The lowest BCUT2D eigenvalue weighted by atomic mass is 10.00. The van der Waals surface area contributed by atoms with Crippen LogP contribution >= 0.6 is 0 Å². The quantitative estimate of drug-likeness (QED) is 0.824. The molecule has 0 aromatic heterocycles. The molecule has 2 rings (SSSR count). The average Bonchev–Trinajstić information content (AvgIpc) is 2.38. The number of piperidine rings is 1. The van der Waals surface area contributed by atoms with Crippen molar-refractivity contribution in [2.24, 2.45) is 0 Å². The summed E-state index contributed by atoms with van der Waals surface area (Å²) >= 11 is 0. The fourth-order valence-electron chi connectivity index (χ4n) is 2.20. The second-order valence-corrected chi connectivity index (χ2v) is 4.87. The monoisotopic (exact) mass is 308 g/mol. The Morgan fingerprint density at radius 1 is 1.24 bits per heavy atom. The van der Waals surface area contributed by atoms with Crippen LogP contribution in [0.25, 0.3) is 0 Å². The van der Waals surface area contributed by atoms with Crippen molar-refractivity contribution in [3.8, 4) is 0 Å². The number of halogens is 5. The summed E-state index contributed by atoms with van der Waals surface area (Å²) in [6.07, 6.45) is -4.36. The van der Waals surface area contributed by atoms with Crippen molar-refractivity contribution in [1.82, 2.24) is 10.6 Å². The van der Waals surface area contributed by atoms with Gasteiger partial charge in [0.25, 0.3) is 5.91 Å². The van der Waals surface area contributed by atoms with E-state index in [1.807, 2.05) is 0 Å². The van der Waals surface area contributed by atoms with E-state index in [2.05, 4.69) is 10.6 Å². The highest BCUT2D eigenvalue weighted by Gasteiger charge is 2.41. The molecule has 1 aliphatic rings. The molecule has 1 saturated heterocycles. The highest BCUT2D eigenvalue weighted by molar-refractivity contribution is 5.94. The van der Waals surface area contributed by atoms with Crippen molar-refractivity contribution in [2.45, 2.75) is 31.1 Å². The number of nitrogens with one attached hydrogen (secondary N) is 2. The van der Waals surface area contributed by atoms with Crippen molar-refractivity contribution in [2.75, 3.05) is 6.54 Å². The lowest BCUT2D eigenvalue weighted by Gasteiger charge is -2.31. The van der Waals surface area contributed by atoms with E-state index in [-0.39, 0.29) is 24.9 Å². The fraction of sp³-hybridized carbons (Fsp3) is 0.462. The van der Waals surface area contributed by atoms with Crippen molar-refractivity contribution in [3.05, 3.63) is 35.4 Å². The molecule has 1 heterocycles. The third-order valence-electron chi connectivity index (χ3n) is 3.32. The normalized spacial score (nSPS) is 22.9. The molecule has 3 nitrogen and oxygen atoms in total. The lowest BCUT2D eigenvalue weighted by molar-refractivity contribution is -0.160. The molecule has 1 fully saturated rings. The molecule has 2 N–H and O–H groups in total. The summed E-state index contributed by atoms with van der Waals surface area (Å²) in [4.78, 5) is 11.8. The van der Waals surface area contributed by atoms with Gasteiger partial charge in [0.15, 0.2) is 0 Å². The van der Waals surface area contributed by atoms with Crippen LogP contribution in [0.4, 0.5) is 22.0 Å². The van der Waals surface area contributed by atoms with E-state index in [1.165, 1.54) is 0 Å². The van der Waals surface area contributed by atoms with E-state index in [0.29, 0.717) is 6.07 Å². The van der Waals surface area contributed by atoms with Gasteiger partial charge >= 0.3 is 6.18 Å². The predicted octanol–water partition coefficient (Wildman–Crippen LogP) is 2.38. The van der Waals surface area contributed by atoms with Gasteiger partial charge in [-0.2, -0.15) is 13.2 Å². The van der Waals surface area contributed by atoms with Crippen molar-refractivity contribution in [3.63, 3.8) is 0 Å². The highest BCUT2D eigenvalue weighted by Crippen LogP contribution is 2.26. The largest absolute Gasteiger partial charge is 0.403 e. The van der Waals surface area contributed by atoms with Crippen LogP contribution in [0.2, 0.25) is 0 Å². The molecule has 1 aromatic carbocycles. The Morgan fingerprint density at radius 2 is 1.95 bits per heavy atom. The second-order valence-electron chi connectivity index (χ2n) is 4.87. The summed E-state index contributed by atoms with van der Waals surface area (Å²) in [6, 6.07) is 0.396. The summed E-state index contributed by atoms with van der Waals surface area (Å²) in [6.45, 7) is -0.0568. The Kier molecular flexibility index (Phi) is 4.46. The SMILES string of the molecule is O=C(NC1CCC(C(F)(F)F)NC1)c1ccc(F)cc1F. The first-order valence-electron chi connectivity index (χ1n) is 6.33. The van der Waals surface area contributed by atoms with Gasteiger partial charge in [-0.3, -0.25) is 4.79 Å². The summed E-state index contributed by atoms with van der Waals surface area (Å²) in [5.41, 5.74) is -0.339. The van der Waals surface area contributed by atoms with E-state index in [4.69, 9.17) is 0 Å². The van der Waals surface area contributed by atoms with Crippen LogP contribution in [0.3, 0.4) is 0 Å². The zero-order valence-electron chi connectivity index (χ0n) is 10.8. The summed E-state index contributed by atoms with van der Waals surface area (Å²) in [7, 11) is 0. The minimum absolute atomic E-state index is 0.0568. The van der Waals surface area contributed by atoms with Gasteiger partial charge in [0.2, 0.25) is 0 Å². The molecule has 0 radical (unpaired) electrons. The zero-order valence-corrected chi connectivity index (χ0v) is 10.8. The molecular weight excluding hydrogens is 295 g/mol. The van der Waals surface area contributed by atoms with Crippen molar-refractivity contribution < 1.29 is 26.7 Å². The van der Waals surface area contributed by atoms with Crippen LogP contribution in [-0.2, 0) is 0 Å². The minimum Gasteiger partial charge on any atom is -0.348 e. The summed E-state index contributed by atoms with van der Waals surface area (Å²) < 4.78 is 63.5. The molecule has 0 aliphatic carbocycles. The first kappa shape index (κ1) is 15.7. The highest BCUT2D eigenvalue weighted by atomic mass is 19.4. The van der Waals surface area contributed by atoms with Gasteiger partial charge < -0.3 is 10.6 Å². The molecule has 116 valence electrons. The maximum Gasteiger partial charge on any atom is 0.403 e. The first-order chi connectivity index (χ1) is 9.77. The van der Waals surface area contributed by atoms with Crippen LogP contribution in [0.1, 0.15) is 23.2 Å². The van der Waals surface area contributed by atoms with Crippen LogP contribution in [-0.4, -0.2) is 30.7 Å². The summed E-state index contributed by atoms with van der Waals surface area (Å²) in [5, 5.41) is 4.73. The van der Waals surface area contributed by atoms with Crippen molar-refractivity contribution >= 4 is 5.91 Å². The third kappa shape index (κ3) is 3.90. The van der Waals surface area contributed by atoms with Gasteiger partial charge in [-0.15, -0.1) is 0 Å². The van der Waals surface area contributed by atoms with Crippen LogP contribution in [0.15, 0.2) is 18.2 Å². The molecule has 21 heavy (non-hydrogen) atoms. The molecule has 2 atom stereocenters. The van der Waals surface area contributed by atoms with Gasteiger partial charge in [-0.1, -0.05) is 0 Å². The molecule has 0 spiro atoms. The van der Waals surface area contributed by atoms with Gasteiger partial charge in [-0.25, -0.2) is 8.78 Å². The number of carbonyl (C=O) groups is 1. The molecule has 2 unspecified atom stereocenters. The lowest BCUT2D eigenvalue weighted by Crippen LogP contribution is -2.54. The fourth-order valence-corrected chi connectivity index (χ4v) is 2.20. The number of amides is 1. The number of benzene rings is 1. The standard InChI is InChI=1S/C13H13F5N2O/c14-7-1-3-9(10(15)5-7)12(21)20-8-2-4-11(19-6-8)13(16,17)18/h1,3,5,8,11,19H,2,4,6H2,(H,20,21). The zero-order chi connectivity index (χ0) is 15.6. The Labute approximate surface area is 117 Å². The van der Waals surface area contributed by atoms with Gasteiger partial charge in [-0.05, 0) is 25.0 Å². The molecule has 1 aliphatic heterocycles. The Bertz CT molecular complexity index is 524. The van der Waals surface area contributed by atoms with E-state index >= 15 is 0 Å². The number of hydrogen-bond acceptors (Lipinski definition) is 2. The maximum atomic E-state index is 13.4. The van der Waals surface area contributed by atoms with Crippen LogP contribution < -0.4 is 10.6 Å². The van der Waals surface area contributed by atoms with Crippen LogP contribution in [0, 0.1) is 11.6 Å². The van der Waals surface area contributed by atoms with Crippen molar-refractivity contribution in [1.29, 1.82) is 0 Å². The number of hydrogen-bond donors (Lipinski definition) is 2. The minimum atomic E-state index is -4.32. The predicted molar refractivity (Wildman–Crippen MR) is 64.7 cm³/mol. The number of alkyl halides is 3. The van der Waals surface area contributed by atoms with E-state index in [0.717, 1.165) is 12.1 Å². The van der Waals surface area contributed by atoms with Crippen LogP contribution in [0.5, 0.6) is 0 Å². The summed E-state index contributed by atoms with van der Waals surface area (Å²) in [5.74, 6) is -2.59. The van der Waals surface area contributed by atoms with E-state index in [1.54, 1.807) is 0 Å². The number of rotatable bonds is 2. The molecular formula is C13H13F5N2O. The molecule has 8 heteroatoms. The average molecular weight is 308 g/mol. The molecule has 0 saturated carbocycles. The Balaban J connectivity index is 1.93. The maximum absolute atomic E-state index is 13.4. The molecule has 0 bridgehead atoms. The Morgan fingerprint density at radius 3 is 2.48 bits per heavy atom. The molecule has 1 aromatic rings. The van der Waals surface area contributed by atoms with E-state index in [9.17, 15) is 26.7 Å². The number of carbonyl (C=O) groups excluding carboxylic acids is 1. The van der Waals surface area contributed by atoms with Gasteiger partial charge in [0.05, 0.1) is 5.56 Å². The Hall–Kier alpha value is -1.70.